The SMILES string of the molecule is CC1=C2c3ccc(C4=CCNCC4)cc3C(Nc3c(F)cccc3Cl)CCN2NN1. The summed E-state index contributed by atoms with van der Waals surface area (Å²) in [5, 5.41) is 9.31. The molecule has 4 N–H and O–H groups in total. The topological polar surface area (TPSA) is 51.4 Å². The normalized spacial score (nSPS) is 20.8. The molecule has 0 spiro atoms. The molecule has 0 radical (unpaired) electrons. The molecule has 5 nitrogen and oxygen atoms in total. The van der Waals surface area contributed by atoms with Gasteiger partial charge < -0.3 is 16.1 Å². The first kappa shape index (κ1) is 19.4. The van der Waals surface area contributed by atoms with E-state index in [-0.39, 0.29) is 11.9 Å². The first-order chi connectivity index (χ1) is 14.6. The highest BCUT2D eigenvalue weighted by molar-refractivity contribution is 6.33. The Hall–Kier alpha value is -2.54. The zero-order valence-electron chi connectivity index (χ0n) is 16.9. The number of hydrazine groups is 2. The molecule has 2 aromatic rings. The fourth-order valence-corrected chi connectivity index (χ4v) is 4.73. The zero-order valence-corrected chi connectivity index (χ0v) is 17.6. The van der Waals surface area contributed by atoms with Crippen LogP contribution in [0.5, 0.6) is 0 Å². The highest BCUT2D eigenvalue weighted by Gasteiger charge is 2.31. The maximum Gasteiger partial charge on any atom is 0.147 e. The summed E-state index contributed by atoms with van der Waals surface area (Å²) in [5.74, 6) is -0.332. The predicted molar refractivity (Wildman–Crippen MR) is 120 cm³/mol. The van der Waals surface area contributed by atoms with E-state index >= 15 is 0 Å². The second kappa shape index (κ2) is 7.95. The predicted octanol–water partition coefficient (Wildman–Crippen LogP) is 4.43. The van der Waals surface area contributed by atoms with Crippen LogP contribution in [0.4, 0.5) is 10.1 Å². The molecule has 2 aromatic carbocycles. The van der Waals surface area contributed by atoms with Crippen LogP contribution in [0, 0.1) is 5.82 Å². The molecular formula is C23H25ClFN5. The van der Waals surface area contributed by atoms with Crippen molar-refractivity contribution in [3.8, 4) is 0 Å². The number of hydrogen-bond acceptors (Lipinski definition) is 5. The molecule has 156 valence electrons. The van der Waals surface area contributed by atoms with Crippen LogP contribution in [-0.2, 0) is 0 Å². The minimum absolute atomic E-state index is 0.0654. The van der Waals surface area contributed by atoms with Crippen LogP contribution < -0.4 is 21.6 Å². The number of allylic oxidation sites excluding steroid dienone is 1. The van der Waals surface area contributed by atoms with Crippen LogP contribution >= 0.6 is 11.6 Å². The lowest BCUT2D eigenvalue weighted by Gasteiger charge is -2.23. The van der Waals surface area contributed by atoms with E-state index in [9.17, 15) is 4.39 Å². The van der Waals surface area contributed by atoms with Gasteiger partial charge in [0.15, 0.2) is 0 Å². The van der Waals surface area contributed by atoms with E-state index in [1.807, 2.05) is 0 Å². The first-order valence-electron chi connectivity index (χ1n) is 10.4. The Kier molecular flexibility index (Phi) is 5.15. The number of halogens is 2. The molecule has 1 unspecified atom stereocenters. The minimum Gasteiger partial charge on any atom is -0.375 e. The third-order valence-electron chi connectivity index (χ3n) is 6.04. The van der Waals surface area contributed by atoms with Crippen molar-refractivity contribution in [2.75, 3.05) is 25.0 Å². The molecule has 3 aliphatic rings. The molecule has 0 bridgehead atoms. The number of nitrogens with zero attached hydrogens (tertiary/aromatic N) is 1. The first-order valence-corrected chi connectivity index (χ1v) is 10.7. The molecule has 3 aliphatic heterocycles. The smallest absolute Gasteiger partial charge is 0.147 e. The second-order valence-corrected chi connectivity index (χ2v) is 8.34. The van der Waals surface area contributed by atoms with Crippen molar-refractivity contribution in [2.24, 2.45) is 0 Å². The van der Waals surface area contributed by atoms with E-state index in [1.165, 1.54) is 17.2 Å². The van der Waals surface area contributed by atoms with Crippen molar-refractivity contribution < 1.29 is 4.39 Å². The van der Waals surface area contributed by atoms with E-state index in [0.29, 0.717) is 10.7 Å². The van der Waals surface area contributed by atoms with Crippen LogP contribution in [0.25, 0.3) is 11.3 Å². The van der Waals surface area contributed by atoms with Crippen molar-refractivity contribution in [2.45, 2.75) is 25.8 Å². The Balaban J connectivity index is 1.61. The Morgan fingerprint density at radius 1 is 1.23 bits per heavy atom. The number of nitrogens with one attached hydrogen (secondary N) is 4. The van der Waals surface area contributed by atoms with Gasteiger partial charge in [-0.1, -0.05) is 35.9 Å². The van der Waals surface area contributed by atoms with Gasteiger partial charge in [-0.05, 0) is 61.2 Å². The highest BCUT2D eigenvalue weighted by Crippen LogP contribution is 2.40. The summed E-state index contributed by atoms with van der Waals surface area (Å²) in [6.45, 7) is 4.73. The van der Waals surface area contributed by atoms with E-state index in [2.05, 4.69) is 57.8 Å². The van der Waals surface area contributed by atoms with E-state index < -0.39 is 0 Å². The molecule has 0 saturated heterocycles. The molecule has 1 atom stereocenters. The Labute approximate surface area is 180 Å². The maximum atomic E-state index is 14.5. The number of para-hydroxylation sites is 1. The van der Waals surface area contributed by atoms with Gasteiger partial charge in [0.05, 0.1) is 28.1 Å². The molecule has 0 fully saturated rings. The molecule has 5 rings (SSSR count). The number of benzene rings is 2. The van der Waals surface area contributed by atoms with E-state index in [4.69, 9.17) is 11.6 Å². The molecule has 0 aromatic heterocycles. The molecule has 0 amide bonds. The molecular weight excluding hydrogens is 401 g/mol. The lowest BCUT2D eigenvalue weighted by molar-refractivity contribution is 0.281. The fraction of sp³-hybridized carbons (Fsp3) is 0.304. The summed E-state index contributed by atoms with van der Waals surface area (Å²) in [6.07, 6.45) is 4.06. The van der Waals surface area contributed by atoms with Gasteiger partial charge in [0.25, 0.3) is 0 Å². The molecule has 30 heavy (non-hydrogen) atoms. The average molecular weight is 426 g/mol. The van der Waals surface area contributed by atoms with Gasteiger partial charge in [-0.3, -0.25) is 5.01 Å². The van der Waals surface area contributed by atoms with Gasteiger partial charge in [0.2, 0.25) is 0 Å². The second-order valence-electron chi connectivity index (χ2n) is 7.93. The Morgan fingerprint density at radius 3 is 2.93 bits per heavy atom. The lowest BCUT2D eigenvalue weighted by Crippen LogP contribution is -2.38. The van der Waals surface area contributed by atoms with Crippen LogP contribution in [-0.4, -0.2) is 24.6 Å². The van der Waals surface area contributed by atoms with Crippen LogP contribution in [0.15, 0.2) is 48.2 Å². The molecule has 3 heterocycles. The molecule has 7 heteroatoms. The van der Waals surface area contributed by atoms with Gasteiger partial charge in [-0.15, -0.1) is 5.53 Å². The summed E-state index contributed by atoms with van der Waals surface area (Å²) in [6, 6.07) is 11.4. The van der Waals surface area contributed by atoms with Gasteiger partial charge in [-0.2, -0.15) is 0 Å². The van der Waals surface area contributed by atoms with Crippen LogP contribution in [0.3, 0.4) is 0 Å². The quantitative estimate of drug-likeness (QED) is 0.586. The van der Waals surface area contributed by atoms with Gasteiger partial charge in [-0.25, -0.2) is 4.39 Å². The van der Waals surface area contributed by atoms with Crippen LogP contribution in [0.1, 0.15) is 42.5 Å². The summed E-state index contributed by atoms with van der Waals surface area (Å²) < 4.78 is 14.5. The number of hydrogen-bond donors (Lipinski definition) is 4. The number of fused-ring (bicyclic) bond motifs is 3. The van der Waals surface area contributed by atoms with Gasteiger partial charge in [0, 0.05) is 18.7 Å². The van der Waals surface area contributed by atoms with E-state index in [1.54, 1.807) is 12.1 Å². The molecule has 0 aliphatic carbocycles. The van der Waals surface area contributed by atoms with Crippen molar-refractivity contribution in [3.63, 3.8) is 0 Å². The van der Waals surface area contributed by atoms with Crippen molar-refractivity contribution in [1.29, 1.82) is 0 Å². The minimum atomic E-state index is -0.332. The highest BCUT2D eigenvalue weighted by atomic mass is 35.5. The standard InChI is InChI=1S/C23H25ClFN5/c1-14-23-17-6-5-16(15-7-10-26-11-8-15)13-18(17)21(9-12-30(23)29-28-14)27-22-19(24)3-2-4-20(22)25/h2-7,13,21,26-29H,8-12H2,1H3. The average Bonchev–Trinajstić information content (AvgIpc) is 3.05. The summed E-state index contributed by atoms with van der Waals surface area (Å²) >= 11 is 6.33. The summed E-state index contributed by atoms with van der Waals surface area (Å²) in [5.41, 5.74) is 13.9. The van der Waals surface area contributed by atoms with Gasteiger partial charge >= 0.3 is 0 Å². The van der Waals surface area contributed by atoms with Crippen LogP contribution in [0.2, 0.25) is 5.02 Å². The Bertz CT molecular complexity index is 1030. The fourth-order valence-electron chi connectivity index (χ4n) is 4.51. The number of rotatable bonds is 3. The summed E-state index contributed by atoms with van der Waals surface area (Å²) in [4.78, 5) is 0. The van der Waals surface area contributed by atoms with Crippen molar-refractivity contribution >= 4 is 28.6 Å². The lowest BCUT2D eigenvalue weighted by atomic mass is 9.91. The van der Waals surface area contributed by atoms with Crippen molar-refractivity contribution in [1.82, 2.24) is 21.3 Å². The summed E-state index contributed by atoms with van der Waals surface area (Å²) in [7, 11) is 0. The number of anilines is 1. The Morgan fingerprint density at radius 2 is 2.13 bits per heavy atom. The third kappa shape index (κ3) is 3.45. The third-order valence-corrected chi connectivity index (χ3v) is 6.36. The maximum absolute atomic E-state index is 14.5. The van der Waals surface area contributed by atoms with Crippen molar-refractivity contribution in [3.05, 3.63) is 75.7 Å². The van der Waals surface area contributed by atoms with Gasteiger partial charge in [0.1, 0.15) is 5.82 Å². The zero-order chi connectivity index (χ0) is 20.7. The van der Waals surface area contributed by atoms with E-state index in [0.717, 1.165) is 55.0 Å². The monoisotopic (exact) mass is 425 g/mol. The largest absolute Gasteiger partial charge is 0.375 e. The molecule has 0 saturated carbocycles.